The van der Waals surface area contributed by atoms with E-state index < -0.39 is 5.97 Å². The molecule has 9 nitrogen and oxygen atoms in total. The number of esters is 1. The highest BCUT2D eigenvalue weighted by Crippen LogP contribution is 2.40. The maximum Gasteiger partial charge on any atom is 0.336 e. The molecular weight excluding hydrogens is 534 g/mol. The van der Waals surface area contributed by atoms with Crippen molar-refractivity contribution in [3.63, 3.8) is 0 Å². The molecule has 42 heavy (non-hydrogen) atoms. The summed E-state index contributed by atoms with van der Waals surface area (Å²) in [4.78, 5) is 31.0. The summed E-state index contributed by atoms with van der Waals surface area (Å²) in [5.41, 5.74) is 1.97. The highest BCUT2D eigenvalue weighted by atomic mass is 16.5. The quantitative estimate of drug-likeness (QED) is 0.100. The number of benzene rings is 4. The van der Waals surface area contributed by atoms with Crippen LogP contribution in [0.15, 0.2) is 107 Å². The number of nitrogens with zero attached hydrogens (tertiary/aromatic N) is 3. The van der Waals surface area contributed by atoms with Crippen molar-refractivity contribution in [2.24, 2.45) is 5.10 Å². The van der Waals surface area contributed by atoms with Crippen LogP contribution < -0.4 is 24.5 Å². The van der Waals surface area contributed by atoms with E-state index >= 15 is 0 Å². The van der Waals surface area contributed by atoms with E-state index in [1.165, 1.54) is 38.3 Å². The number of hydrogen-bond donors (Lipinski definition) is 0. The van der Waals surface area contributed by atoms with Crippen LogP contribution in [0.25, 0.3) is 28.4 Å². The number of aromatic nitrogens is 2. The van der Waals surface area contributed by atoms with Gasteiger partial charge in [-0.15, -0.1) is 0 Å². The average molecular weight is 562 g/mol. The number of carbonyl (C=O) groups excluding carboxylic acids is 1. The maximum absolute atomic E-state index is 13.7. The average Bonchev–Trinajstić information content (AvgIpc) is 3.03. The van der Waals surface area contributed by atoms with Crippen molar-refractivity contribution in [1.82, 2.24) is 9.66 Å². The molecule has 0 saturated heterocycles. The predicted octanol–water partition coefficient (Wildman–Crippen LogP) is 5.59. The first-order valence-electron chi connectivity index (χ1n) is 12.9. The molecule has 0 spiro atoms. The molecule has 9 heteroatoms. The van der Waals surface area contributed by atoms with Crippen LogP contribution in [-0.2, 0) is 4.79 Å². The minimum absolute atomic E-state index is 0.245. The van der Waals surface area contributed by atoms with Crippen LogP contribution in [0.3, 0.4) is 0 Å². The van der Waals surface area contributed by atoms with Crippen LogP contribution in [0, 0.1) is 0 Å². The minimum Gasteiger partial charge on any atom is -0.493 e. The van der Waals surface area contributed by atoms with Crippen molar-refractivity contribution < 1.29 is 23.7 Å². The summed E-state index contributed by atoms with van der Waals surface area (Å²) in [7, 11) is 4.52. The second-order valence-corrected chi connectivity index (χ2v) is 8.93. The van der Waals surface area contributed by atoms with Crippen molar-refractivity contribution in [3.8, 4) is 34.4 Å². The molecule has 0 atom stereocenters. The second-order valence-electron chi connectivity index (χ2n) is 8.93. The van der Waals surface area contributed by atoms with E-state index in [2.05, 4.69) is 5.10 Å². The van der Waals surface area contributed by atoms with Crippen molar-refractivity contribution in [2.75, 3.05) is 21.3 Å². The standard InChI is InChI=1S/C33H27N3O6/c1-39-28-19-24(20-29(40-2)31(28)41-3)32-35-26-15-9-8-14-25(26)33(38)36(32)34-21-23-13-7-10-16-27(23)42-30(37)18-17-22-11-5-4-6-12-22/h4-21H,1-3H3/b18-17+,34-21?. The topological polar surface area (TPSA) is 101 Å². The third kappa shape index (κ3) is 5.90. The summed E-state index contributed by atoms with van der Waals surface area (Å²) in [6, 6.07) is 26.7. The molecule has 1 heterocycles. The molecule has 0 aliphatic carbocycles. The monoisotopic (exact) mass is 561 g/mol. The lowest BCUT2D eigenvalue weighted by molar-refractivity contribution is -0.128. The van der Waals surface area contributed by atoms with Gasteiger partial charge in [-0.3, -0.25) is 4.79 Å². The van der Waals surface area contributed by atoms with Gasteiger partial charge in [-0.2, -0.15) is 9.78 Å². The number of fused-ring (bicyclic) bond motifs is 1. The summed E-state index contributed by atoms with van der Waals surface area (Å²) in [6.45, 7) is 0. The third-order valence-corrected chi connectivity index (χ3v) is 6.33. The molecule has 0 bridgehead atoms. The zero-order chi connectivity index (χ0) is 29.5. The lowest BCUT2D eigenvalue weighted by Crippen LogP contribution is -2.20. The molecule has 0 aliphatic rings. The van der Waals surface area contributed by atoms with E-state index in [0.29, 0.717) is 39.3 Å². The minimum atomic E-state index is -0.553. The fourth-order valence-corrected chi connectivity index (χ4v) is 4.30. The van der Waals surface area contributed by atoms with Gasteiger partial charge in [-0.25, -0.2) is 9.78 Å². The molecule has 0 saturated carbocycles. The first-order chi connectivity index (χ1) is 20.5. The zero-order valence-electron chi connectivity index (χ0n) is 23.2. The molecule has 0 N–H and O–H groups in total. The van der Waals surface area contributed by atoms with E-state index in [9.17, 15) is 9.59 Å². The van der Waals surface area contributed by atoms with Gasteiger partial charge in [0.25, 0.3) is 5.56 Å². The lowest BCUT2D eigenvalue weighted by Gasteiger charge is -2.15. The van der Waals surface area contributed by atoms with Crippen LogP contribution in [-0.4, -0.2) is 43.2 Å². The Morgan fingerprint density at radius 1 is 0.810 bits per heavy atom. The van der Waals surface area contributed by atoms with Crippen molar-refractivity contribution in [1.29, 1.82) is 0 Å². The van der Waals surface area contributed by atoms with E-state index in [4.69, 9.17) is 23.9 Å². The van der Waals surface area contributed by atoms with Gasteiger partial charge in [0.15, 0.2) is 17.3 Å². The van der Waals surface area contributed by atoms with Gasteiger partial charge in [0.1, 0.15) is 5.75 Å². The van der Waals surface area contributed by atoms with Gasteiger partial charge >= 0.3 is 5.97 Å². The molecule has 210 valence electrons. The normalized spacial score (nSPS) is 11.2. The van der Waals surface area contributed by atoms with Gasteiger partial charge in [-0.05, 0) is 48.0 Å². The summed E-state index contributed by atoms with van der Waals surface area (Å²) >= 11 is 0. The molecule has 0 unspecified atom stereocenters. The van der Waals surface area contributed by atoms with Crippen LogP contribution >= 0.6 is 0 Å². The Hall–Kier alpha value is -5.70. The molecule has 5 rings (SSSR count). The Morgan fingerprint density at radius 2 is 1.48 bits per heavy atom. The highest BCUT2D eigenvalue weighted by Gasteiger charge is 2.19. The van der Waals surface area contributed by atoms with Crippen molar-refractivity contribution in [2.45, 2.75) is 0 Å². The largest absolute Gasteiger partial charge is 0.493 e. The summed E-state index contributed by atoms with van der Waals surface area (Å²) in [6.07, 6.45) is 4.47. The molecular formula is C33H27N3O6. The van der Waals surface area contributed by atoms with Gasteiger partial charge in [0, 0.05) is 17.2 Å². The van der Waals surface area contributed by atoms with Crippen LogP contribution in [0.5, 0.6) is 23.0 Å². The number of rotatable bonds is 9. The molecule has 0 fully saturated rings. The Balaban J connectivity index is 1.57. The molecule has 5 aromatic rings. The molecule has 0 amide bonds. The number of para-hydroxylation sites is 2. The SMILES string of the molecule is COc1cc(-c2nc3ccccc3c(=O)n2N=Cc2ccccc2OC(=O)/C=C/c2ccccc2)cc(OC)c1OC. The summed E-state index contributed by atoms with van der Waals surface area (Å²) in [5.74, 6) is 1.16. The highest BCUT2D eigenvalue weighted by molar-refractivity contribution is 5.91. The zero-order valence-corrected chi connectivity index (χ0v) is 23.2. The van der Waals surface area contributed by atoms with Crippen LogP contribution in [0.4, 0.5) is 0 Å². The number of hydrogen-bond acceptors (Lipinski definition) is 8. The fourth-order valence-electron chi connectivity index (χ4n) is 4.30. The van der Waals surface area contributed by atoms with Gasteiger partial charge in [0.2, 0.25) is 5.75 Å². The number of carbonyl (C=O) groups is 1. The molecule has 1 aromatic heterocycles. The number of methoxy groups -OCH3 is 3. The van der Waals surface area contributed by atoms with E-state index in [-0.39, 0.29) is 17.1 Å². The van der Waals surface area contributed by atoms with Gasteiger partial charge < -0.3 is 18.9 Å². The Bertz CT molecular complexity index is 1840. The van der Waals surface area contributed by atoms with Gasteiger partial charge in [-0.1, -0.05) is 54.6 Å². The fraction of sp³-hybridized carbons (Fsp3) is 0.0909. The predicted molar refractivity (Wildman–Crippen MR) is 162 cm³/mol. The van der Waals surface area contributed by atoms with E-state index in [1.54, 1.807) is 66.7 Å². The van der Waals surface area contributed by atoms with Crippen molar-refractivity contribution in [3.05, 3.63) is 119 Å². The lowest BCUT2D eigenvalue weighted by atomic mass is 10.1. The van der Waals surface area contributed by atoms with Gasteiger partial charge in [0.05, 0.1) is 38.4 Å². The maximum atomic E-state index is 13.7. The number of ether oxygens (including phenoxy) is 4. The van der Waals surface area contributed by atoms with Crippen LogP contribution in [0.2, 0.25) is 0 Å². The van der Waals surface area contributed by atoms with E-state index in [0.717, 1.165) is 5.56 Å². The Morgan fingerprint density at radius 3 is 2.19 bits per heavy atom. The molecule has 0 aliphatic heterocycles. The Labute approximate surface area is 241 Å². The van der Waals surface area contributed by atoms with Crippen molar-refractivity contribution >= 4 is 29.2 Å². The van der Waals surface area contributed by atoms with Crippen LogP contribution in [0.1, 0.15) is 11.1 Å². The smallest absolute Gasteiger partial charge is 0.336 e. The molecule has 0 radical (unpaired) electrons. The first kappa shape index (κ1) is 27.9. The Kier molecular flexibility index (Phi) is 8.39. The summed E-state index contributed by atoms with van der Waals surface area (Å²) < 4.78 is 23.3. The first-order valence-corrected chi connectivity index (χ1v) is 12.9. The molecule has 4 aromatic carbocycles. The second kappa shape index (κ2) is 12.6. The summed E-state index contributed by atoms with van der Waals surface area (Å²) in [5, 5.41) is 4.90. The van der Waals surface area contributed by atoms with E-state index in [1.807, 2.05) is 30.3 Å². The third-order valence-electron chi connectivity index (χ3n) is 6.33.